The fraction of sp³-hybridized carbons (Fsp3) is 0.583. The Bertz CT molecular complexity index is 568. The van der Waals surface area contributed by atoms with Crippen molar-refractivity contribution in [2.75, 3.05) is 24.8 Å². The highest BCUT2D eigenvalue weighted by molar-refractivity contribution is 5.83. The Labute approximate surface area is 111 Å². The van der Waals surface area contributed by atoms with Gasteiger partial charge in [-0.15, -0.1) is 0 Å². The number of fused-ring (bicyclic) bond motifs is 1. The molecule has 2 unspecified atom stereocenters. The second-order valence-electron chi connectivity index (χ2n) is 4.76. The van der Waals surface area contributed by atoms with Gasteiger partial charge in [0.05, 0.1) is 12.4 Å². The second kappa shape index (κ2) is 5.00. The summed E-state index contributed by atoms with van der Waals surface area (Å²) in [6.07, 6.45) is 5.17. The van der Waals surface area contributed by atoms with Gasteiger partial charge in [0.1, 0.15) is 5.52 Å². The van der Waals surface area contributed by atoms with Crippen LogP contribution in [0.5, 0.6) is 0 Å². The van der Waals surface area contributed by atoms with Crippen LogP contribution in [0, 0.1) is 0 Å². The molecule has 1 aliphatic carbocycles. The molecule has 3 rings (SSSR count). The highest BCUT2D eigenvalue weighted by atomic mass is 16.5. The first kappa shape index (κ1) is 12.2. The number of imidazole rings is 1. The highest BCUT2D eigenvalue weighted by Crippen LogP contribution is 2.26. The maximum atomic E-state index is 5.39. The Morgan fingerprint density at radius 2 is 2.26 bits per heavy atom. The topological polar surface area (TPSA) is 87.8 Å². The van der Waals surface area contributed by atoms with Crippen LogP contribution < -0.4 is 10.6 Å². The van der Waals surface area contributed by atoms with E-state index in [2.05, 4.69) is 30.6 Å². The van der Waals surface area contributed by atoms with E-state index in [-0.39, 0.29) is 0 Å². The number of hydrogen-bond acceptors (Lipinski definition) is 6. The molecule has 7 heteroatoms. The zero-order chi connectivity index (χ0) is 13.2. The van der Waals surface area contributed by atoms with E-state index < -0.39 is 0 Å². The molecule has 1 saturated carbocycles. The maximum Gasteiger partial charge on any atom is 0.226 e. The van der Waals surface area contributed by atoms with Crippen LogP contribution in [-0.2, 0) is 4.74 Å². The summed E-state index contributed by atoms with van der Waals surface area (Å²) in [7, 11) is 3.57. The van der Waals surface area contributed by atoms with Gasteiger partial charge in [0.2, 0.25) is 5.95 Å². The zero-order valence-corrected chi connectivity index (χ0v) is 11.1. The number of nitrogens with zero attached hydrogens (tertiary/aromatic N) is 3. The summed E-state index contributed by atoms with van der Waals surface area (Å²) < 4.78 is 5.39. The number of rotatable bonds is 4. The summed E-state index contributed by atoms with van der Waals surface area (Å²) in [5.41, 5.74) is 1.52. The zero-order valence-electron chi connectivity index (χ0n) is 11.1. The number of H-pyrrole nitrogens is 1. The normalized spacial score (nSPS) is 22.8. The van der Waals surface area contributed by atoms with Gasteiger partial charge in [0.25, 0.3) is 0 Å². The van der Waals surface area contributed by atoms with Gasteiger partial charge in [-0.2, -0.15) is 9.97 Å². The minimum atomic E-state index is 0.348. The minimum Gasteiger partial charge on any atom is -0.381 e. The van der Waals surface area contributed by atoms with Crippen molar-refractivity contribution in [2.24, 2.45) is 0 Å². The van der Waals surface area contributed by atoms with Crippen molar-refractivity contribution in [2.45, 2.75) is 31.4 Å². The maximum absolute atomic E-state index is 5.39. The average Bonchev–Trinajstić information content (AvgIpc) is 3.06. The van der Waals surface area contributed by atoms with Crippen LogP contribution in [0.3, 0.4) is 0 Å². The molecule has 3 N–H and O–H groups in total. The molecule has 0 radical (unpaired) electrons. The molecule has 2 aromatic heterocycles. The monoisotopic (exact) mass is 262 g/mol. The molecule has 7 nitrogen and oxygen atoms in total. The van der Waals surface area contributed by atoms with Crippen LogP contribution >= 0.6 is 0 Å². The minimum absolute atomic E-state index is 0.348. The molecular weight excluding hydrogens is 244 g/mol. The fourth-order valence-corrected chi connectivity index (χ4v) is 2.53. The molecule has 1 aliphatic rings. The number of aromatic amines is 1. The summed E-state index contributed by atoms with van der Waals surface area (Å²) in [6.45, 7) is 0. The number of hydrogen-bond donors (Lipinski definition) is 3. The Morgan fingerprint density at radius 1 is 1.37 bits per heavy atom. The van der Waals surface area contributed by atoms with Crippen LogP contribution in [0.15, 0.2) is 6.33 Å². The van der Waals surface area contributed by atoms with Gasteiger partial charge in [0.15, 0.2) is 11.5 Å². The van der Waals surface area contributed by atoms with Gasteiger partial charge in [-0.25, -0.2) is 4.98 Å². The van der Waals surface area contributed by atoms with Gasteiger partial charge in [0, 0.05) is 20.2 Å². The van der Waals surface area contributed by atoms with Crippen molar-refractivity contribution >= 4 is 22.9 Å². The Hall–Kier alpha value is -1.89. The van der Waals surface area contributed by atoms with E-state index in [4.69, 9.17) is 4.74 Å². The van der Waals surface area contributed by atoms with E-state index in [0.29, 0.717) is 23.7 Å². The van der Waals surface area contributed by atoms with E-state index >= 15 is 0 Å². The molecule has 2 heterocycles. The molecule has 2 aromatic rings. The van der Waals surface area contributed by atoms with Gasteiger partial charge in [-0.1, -0.05) is 0 Å². The van der Waals surface area contributed by atoms with Crippen molar-refractivity contribution < 1.29 is 4.74 Å². The third-order valence-electron chi connectivity index (χ3n) is 3.57. The number of methoxy groups -OCH3 is 1. The Morgan fingerprint density at radius 3 is 3.00 bits per heavy atom. The molecule has 0 amide bonds. The quantitative estimate of drug-likeness (QED) is 0.771. The Kier molecular flexibility index (Phi) is 3.20. The second-order valence-corrected chi connectivity index (χ2v) is 4.76. The van der Waals surface area contributed by atoms with Crippen molar-refractivity contribution in [3.05, 3.63) is 6.33 Å². The summed E-state index contributed by atoms with van der Waals surface area (Å²) in [6, 6.07) is 0.385. The number of anilines is 2. The standard InChI is InChI=1S/C12H18N6O/c1-13-12-17-10-9(14-6-15-10)11(18-12)16-7-3-4-8(5-7)19-2/h6-8H,3-5H2,1-2H3,(H3,13,14,15,16,17,18). The Balaban J connectivity index is 1.85. The number of aromatic nitrogens is 4. The third-order valence-corrected chi connectivity index (χ3v) is 3.57. The van der Waals surface area contributed by atoms with Crippen LogP contribution in [0.25, 0.3) is 11.2 Å². The van der Waals surface area contributed by atoms with Crippen molar-refractivity contribution in [1.29, 1.82) is 0 Å². The van der Waals surface area contributed by atoms with Crippen LogP contribution in [0.1, 0.15) is 19.3 Å². The molecule has 19 heavy (non-hydrogen) atoms. The average molecular weight is 262 g/mol. The van der Waals surface area contributed by atoms with E-state index in [1.807, 2.05) is 0 Å². The first-order valence-corrected chi connectivity index (χ1v) is 6.48. The molecule has 0 saturated heterocycles. The van der Waals surface area contributed by atoms with E-state index in [1.165, 1.54) is 0 Å². The van der Waals surface area contributed by atoms with Gasteiger partial charge in [-0.05, 0) is 19.3 Å². The van der Waals surface area contributed by atoms with E-state index in [9.17, 15) is 0 Å². The first-order valence-electron chi connectivity index (χ1n) is 6.48. The predicted octanol–water partition coefficient (Wildman–Crippen LogP) is 1.37. The molecule has 2 atom stereocenters. The lowest BCUT2D eigenvalue weighted by Crippen LogP contribution is -2.18. The molecule has 1 fully saturated rings. The molecule has 0 aliphatic heterocycles. The van der Waals surface area contributed by atoms with Gasteiger partial charge in [-0.3, -0.25) is 0 Å². The molecule has 0 aromatic carbocycles. The summed E-state index contributed by atoms with van der Waals surface area (Å²) in [5, 5.41) is 6.42. The van der Waals surface area contributed by atoms with E-state index in [1.54, 1.807) is 20.5 Å². The van der Waals surface area contributed by atoms with Crippen LogP contribution in [-0.4, -0.2) is 46.2 Å². The molecule has 102 valence electrons. The lowest BCUT2D eigenvalue weighted by Gasteiger charge is -2.14. The van der Waals surface area contributed by atoms with Crippen molar-refractivity contribution in [3.8, 4) is 0 Å². The summed E-state index contributed by atoms with van der Waals surface area (Å²) in [4.78, 5) is 16.0. The number of ether oxygens (including phenoxy) is 1. The van der Waals surface area contributed by atoms with Crippen molar-refractivity contribution in [3.63, 3.8) is 0 Å². The van der Waals surface area contributed by atoms with Gasteiger partial charge < -0.3 is 20.4 Å². The fourth-order valence-electron chi connectivity index (χ4n) is 2.53. The summed E-state index contributed by atoms with van der Waals surface area (Å²) >= 11 is 0. The van der Waals surface area contributed by atoms with Crippen LogP contribution in [0.4, 0.5) is 11.8 Å². The first-order chi connectivity index (χ1) is 9.30. The third kappa shape index (κ3) is 2.33. The summed E-state index contributed by atoms with van der Waals surface area (Å²) in [5.74, 6) is 1.37. The lowest BCUT2D eigenvalue weighted by atomic mass is 10.2. The van der Waals surface area contributed by atoms with Crippen molar-refractivity contribution in [1.82, 2.24) is 19.9 Å². The smallest absolute Gasteiger partial charge is 0.226 e. The lowest BCUT2D eigenvalue weighted by molar-refractivity contribution is 0.108. The highest BCUT2D eigenvalue weighted by Gasteiger charge is 2.25. The largest absolute Gasteiger partial charge is 0.381 e. The number of nitrogens with one attached hydrogen (secondary N) is 3. The van der Waals surface area contributed by atoms with E-state index in [0.717, 1.165) is 30.6 Å². The van der Waals surface area contributed by atoms with Crippen LogP contribution in [0.2, 0.25) is 0 Å². The molecular formula is C12H18N6O. The SMILES string of the molecule is CNc1nc(NC2CCC(OC)C2)c2[nH]cnc2n1. The molecule has 0 spiro atoms. The predicted molar refractivity (Wildman–Crippen MR) is 73.3 cm³/mol. The molecule has 0 bridgehead atoms. The van der Waals surface area contributed by atoms with Gasteiger partial charge >= 0.3 is 0 Å².